The maximum absolute atomic E-state index is 10.6. The third kappa shape index (κ3) is 1.46. The van der Waals surface area contributed by atoms with Gasteiger partial charge >= 0.3 is 0 Å². The molecule has 0 spiro atoms. The number of carbonyl (C=O) groups is 2. The fourth-order valence-electron chi connectivity index (χ4n) is 0.831. The van der Waals surface area contributed by atoms with Gasteiger partial charge in [-0.3, -0.25) is 4.79 Å². The minimum Gasteiger partial charge on any atom is -0.369 e. The standard InChI is InChI=1S/C7H8N2O2/c8-7(11)5(4-10)6-2-1-3-9-6/h1-5,9H,(H2,8,11). The molecule has 0 aliphatic heterocycles. The Morgan fingerprint density at radius 2 is 2.45 bits per heavy atom. The van der Waals surface area contributed by atoms with Gasteiger partial charge in [-0.1, -0.05) is 0 Å². The van der Waals surface area contributed by atoms with E-state index in [1.54, 1.807) is 18.3 Å². The third-order valence-corrected chi connectivity index (χ3v) is 1.40. The molecule has 1 aromatic heterocycles. The molecule has 1 rings (SSSR count). The van der Waals surface area contributed by atoms with Gasteiger partial charge in [0.1, 0.15) is 12.2 Å². The Labute approximate surface area is 63.4 Å². The van der Waals surface area contributed by atoms with Gasteiger partial charge < -0.3 is 15.5 Å². The number of aromatic amines is 1. The van der Waals surface area contributed by atoms with Crippen molar-refractivity contribution in [1.82, 2.24) is 4.98 Å². The summed E-state index contributed by atoms with van der Waals surface area (Å²) >= 11 is 0. The number of rotatable bonds is 3. The first-order valence-electron chi connectivity index (χ1n) is 3.13. The van der Waals surface area contributed by atoms with E-state index in [-0.39, 0.29) is 0 Å². The van der Waals surface area contributed by atoms with Crippen LogP contribution in [-0.4, -0.2) is 17.2 Å². The molecular formula is C7H8N2O2. The summed E-state index contributed by atoms with van der Waals surface area (Å²) in [6.45, 7) is 0. The minimum atomic E-state index is -0.843. The molecule has 4 nitrogen and oxygen atoms in total. The van der Waals surface area contributed by atoms with Crippen LogP contribution in [0.3, 0.4) is 0 Å². The number of primary amides is 1. The van der Waals surface area contributed by atoms with Crippen molar-refractivity contribution in [2.24, 2.45) is 5.73 Å². The monoisotopic (exact) mass is 152 g/mol. The highest BCUT2D eigenvalue weighted by Gasteiger charge is 2.16. The lowest BCUT2D eigenvalue weighted by Crippen LogP contribution is -2.22. The van der Waals surface area contributed by atoms with E-state index in [2.05, 4.69) is 4.98 Å². The summed E-state index contributed by atoms with van der Waals surface area (Å²) in [6, 6.07) is 3.35. The van der Waals surface area contributed by atoms with Crippen LogP contribution in [0.5, 0.6) is 0 Å². The van der Waals surface area contributed by atoms with Crippen molar-refractivity contribution in [2.75, 3.05) is 0 Å². The normalized spacial score (nSPS) is 12.4. The number of H-pyrrole nitrogens is 1. The summed E-state index contributed by atoms with van der Waals surface area (Å²) < 4.78 is 0. The molecule has 1 atom stereocenters. The number of amides is 1. The Kier molecular flexibility index (Phi) is 2.06. The molecule has 0 radical (unpaired) electrons. The molecule has 0 aliphatic rings. The van der Waals surface area contributed by atoms with Crippen molar-refractivity contribution in [3.63, 3.8) is 0 Å². The molecule has 11 heavy (non-hydrogen) atoms. The lowest BCUT2D eigenvalue weighted by molar-refractivity contribution is -0.123. The summed E-state index contributed by atoms with van der Waals surface area (Å²) in [6.07, 6.45) is 2.16. The van der Waals surface area contributed by atoms with E-state index in [0.29, 0.717) is 12.0 Å². The van der Waals surface area contributed by atoms with E-state index in [4.69, 9.17) is 5.73 Å². The van der Waals surface area contributed by atoms with Crippen LogP contribution in [-0.2, 0) is 9.59 Å². The quantitative estimate of drug-likeness (QED) is 0.464. The molecule has 0 aliphatic carbocycles. The molecule has 0 fully saturated rings. The second-order valence-electron chi connectivity index (χ2n) is 2.14. The molecule has 1 heterocycles. The SMILES string of the molecule is NC(=O)C(C=O)c1ccc[nH]1. The average molecular weight is 152 g/mol. The number of aromatic nitrogens is 1. The smallest absolute Gasteiger partial charge is 0.233 e. The lowest BCUT2D eigenvalue weighted by atomic mass is 10.1. The van der Waals surface area contributed by atoms with E-state index in [1.165, 1.54) is 0 Å². The van der Waals surface area contributed by atoms with Crippen LogP contribution >= 0.6 is 0 Å². The van der Waals surface area contributed by atoms with Crippen LogP contribution < -0.4 is 5.73 Å². The average Bonchev–Trinajstić information content (AvgIpc) is 2.40. The first kappa shape index (κ1) is 7.53. The number of carbonyl (C=O) groups excluding carboxylic acids is 2. The summed E-state index contributed by atoms with van der Waals surface area (Å²) in [7, 11) is 0. The zero-order chi connectivity index (χ0) is 8.27. The van der Waals surface area contributed by atoms with Gasteiger partial charge in [0.05, 0.1) is 0 Å². The van der Waals surface area contributed by atoms with E-state index < -0.39 is 11.8 Å². The summed E-state index contributed by atoms with van der Waals surface area (Å²) in [4.78, 5) is 23.7. The first-order chi connectivity index (χ1) is 5.25. The van der Waals surface area contributed by atoms with Crippen LogP contribution in [0, 0.1) is 0 Å². The molecule has 1 aromatic rings. The van der Waals surface area contributed by atoms with Crippen LogP contribution in [0.25, 0.3) is 0 Å². The maximum Gasteiger partial charge on any atom is 0.233 e. The van der Waals surface area contributed by atoms with Crippen molar-refractivity contribution in [2.45, 2.75) is 5.92 Å². The second kappa shape index (κ2) is 3.01. The van der Waals surface area contributed by atoms with Crippen molar-refractivity contribution in [3.8, 4) is 0 Å². The third-order valence-electron chi connectivity index (χ3n) is 1.40. The minimum absolute atomic E-state index is 0.522. The van der Waals surface area contributed by atoms with Gasteiger partial charge in [0.2, 0.25) is 5.91 Å². The Bertz CT molecular complexity index is 253. The number of aldehydes is 1. The number of nitrogens with one attached hydrogen (secondary N) is 1. The Hall–Kier alpha value is -1.58. The van der Waals surface area contributed by atoms with Gasteiger partial charge in [0.25, 0.3) is 0 Å². The highest BCUT2D eigenvalue weighted by atomic mass is 16.2. The highest BCUT2D eigenvalue weighted by Crippen LogP contribution is 2.08. The van der Waals surface area contributed by atoms with Crippen molar-refractivity contribution < 1.29 is 9.59 Å². The molecule has 3 N–H and O–H groups in total. The van der Waals surface area contributed by atoms with Gasteiger partial charge in [0, 0.05) is 11.9 Å². The van der Waals surface area contributed by atoms with Gasteiger partial charge in [-0.2, -0.15) is 0 Å². The van der Waals surface area contributed by atoms with Crippen LogP contribution in [0.2, 0.25) is 0 Å². The van der Waals surface area contributed by atoms with E-state index in [1.807, 2.05) is 0 Å². The zero-order valence-corrected chi connectivity index (χ0v) is 5.78. The summed E-state index contributed by atoms with van der Waals surface area (Å²) in [5.41, 5.74) is 5.48. The Morgan fingerprint density at radius 3 is 2.82 bits per heavy atom. The molecule has 0 saturated heterocycles. The fourth-order valence-corrected chi connectivity index (χ4v) is 0.831. The van der Waals surface area contributed by atoms with E-state index >= 15 is 0 Å². The Morgan fingerprint density at radius 1 is 1.73 bits per heavy atom. The summed E-state index contributed by atoms with van der Waals surface area (Å²) in [5.74, 6) is -1.48. The van der Waals surface area contributed by atoms with Gasteiger partial charge in [0.15, 0.2) is 0 Å². The number of nitrogens with two attached hydrogens (primary N) is 1. The Balaban J connectivity index is 2.88. The molecule has 0 aromatic carbocycles. The number of hydrogen-bond acceptors (Lipinski definition) is 2. The molecule has 1 amide bonds. The first-order valence-corrected chi connectivity index (χ1v) is 3.13. The van der Waals surface area contributed by atoms with Crippen molar-refractivity contribution in [3.05, 3.63) is 24.0 Å². The van der Waals surface area contributed by atoms with Gasteiger partial charge in [-0.05, 0) is 12.1 Å². The second-order valence-corrected chi connectivity index (χ2v) is 2.14. The molecule has 4 heteroatoms. The highest BCUT2D eigenvalue weighted by molar-refractivity contribution is 5.95. The fraction of sp³-hybridized carbons (Fsp3) is 0.143. The molecule has 0 bridgehead atoms. The van der Waals surface area contributed by atoms with Gasteiger partial charge in [-0.25, -0.2) is 0 Å². The van der Waals surface area contributed by atoms with E-state index in [0.717, 1.165) is 0 Å². The zero-order valence-electron chi connectivity index (χ0n) is 5.78. The molecule has 58 valence electrons. The van der Waals surface area contributed by atoms with Crippen molar-refractivity contribution >= 4 is 12.2 Å². The maximum atomic E-state index is 10.6. The topological polar surface area (TPSA) is 76.0 Å². The van der Waals surface area contributed by atoms with E-state index in [9.17, 15) is 9.59 Å². The lowest BCUT2D eigenvalue weighted by Gasteiger charge is -2.00. The van der Waals surface area contributed by atoms with Gasteiger partial charge in [-0.15, -0.1) is 0 Å². The largest absolute Gasteiger partial charge is 0.369 e. The molecule has 1 unspecified atom stereocenters. The predicted octanol–water partition coefficient (Wildman–Crippen LogP) is -0.218. The van der Waals surface area contributed by atoms with Crippen molar-refractivity contribution in [1.29, 1.82) is 0 Å². The number of hydrogen-bond donors (Lipinski definition) is 2. The van der Waals surface area contributed by atoms with Crippen LogP contribution in [0.4, 0.5) is 0 Å². The van der Waals surface area contributed by atoms with Crippen LogP contribution in [0.15, 0.2) is 18.3 Å². The molecule has 0 saturated carbocycles. The molecular weight excluding hydrogens is 144 g/mol. The predicted molar refractivity (Wildman–Crippen MR) is 38.8 cm³/mol. The van der Waals surface area contributed by atoms with Crippen LogP contribution in [0.1, 0.15) is 11.6 Å². The summed E-state index contributed by atoms with van der Waals surface area (Å²) in [5, 5.41) is 0.